The van der Waals surface area contributed by atoms with Crippen molar-refractivity contribution in [2.45, 2.75) is 32.6 Å². The molecule has 1 fully saturated rings. The molecule has 1 heterocycles. The molecule has 2 aromatic rings. The van der Waals surface area contributed by atoms with Crippen LogP contribution < -0.4 is 10.5 Å². The number of aromatic nitrogens is 2. The molecule has 1 aliphatic rings. The highest BCUT2D eigenvalue weighted by atomic mass is 35.5. The third-order valence-corrected chi connectivity index (χ3v) is 4.59. The van der Waals surface area contributed by atoms with Crippen molar-refractivity contribution >= 4 is 17.8 Å². The molecule has 3 rings (SSSR count). The molecular weight excluding hydrogens is 336 g/mol. The average molecular weight is 359 g/mol. The molecule has 25 heavy (non-hydrogen) atoms. The lowest BCUT2D eigenvalue weighted by Gasteiger charge is -2.10. The number of aryl methyl sites for hydroxylation is 2. The molecule has 0 aliphatic heterocycles. The third kappa shape index (κ3) is 4.30. The topological polar surface area (TPSA) is 65.4 Å². The van der Waals surface area contributed by atoms with Gasteiger partial charge in [-0.1, -0.05) is 11.6 Å². The van der Waals surface area contributed by atoms with Gasteiger partial charge in [-0.25, -0.2) is 4.68 Å². The third-order valence-electron chi connectivity index (χ3n) is 4.19. The summed E-state index contributed by atoms with van der Waals surface area (Å²) in [5.74, 6) is 1.93. The Morgan fingerprint density at radius 3 is 2.88 bits per heavy atom. The summed E-state index contributed by atoms with van der Waals surface area (Å²) in [6.45, 7) is 4.38. The minimum Gasteiger partial charge on any atom is -0.439 e. The first-order valence-electron chi connectivity index (χ1n) is 8.38. The van der Waals surface area contributed by atoms with Gasteiger partial charge in [0.2, 0.25) is 5.88 Å². The highest BCUT2D eigenvalue weighted by Gasteiger charge is 2.27. The predicted molar refractivity (Wildman–Crippen MR) is 102 cm³/mol. The standard InChI is InChI=1S/C19H23ClN4O/c1-12(9-21)10-22-11-15-6-13(2)16(20)7-18(15)25-19-8-17(14-4-5-14)23-24(19)3/h6-8,10-11,14H,4-5,9,21H2,1-3H3/b12-10+,22-11?. The van der Waals surface area contributed by atoms with Gasteiger partial charge in [0.25, 0.3) is 0 Å². The Morgan fingerprint density at radius 1 is 1.44 bits per heavy atom. The van der Waals surface area contributed by atoms with Crippen molar-refractivity contribution in [3.8, 4) is 11.6 Å². The molecule has 1 aromatic carbocycles. The van der Waals surface area contributed by atoms with Gasteiger partial charge in [0, 0.05) is 54.6 Å². The Bertz CT molecular complexity index is 834. The molecule has 0 bridgehead atoms. The summed E-state index contributed by atoms with van der Waals surface area (Å²) < 4.78 is 7.86. The van der Waals surface area contributed by atoms with Crippen LogP contribution in [-0.4, -0.2) is 22.5 Å². The molecule has 0 amide bonds. The zero-order valence-corrected chi connectivity index (χ0v) is 15.5. The van der Waals surface area contributed by atoms with Gasteiger partial charge >= 0.3 is 0 Å². The van der Waals surface area contributed by atoms with Crippen LogP contribution in [0.15, 0.2) is 35.0 Å². The smallest absolute Gasteiger partial charge is 0.217 e. The normalized spacial score (nSPS) is 15.2. The van der Waals surface area contributed by atoms with Crippen LogP contribution in [0.4, 0.5) is 0 Å². The van der Waals surface area contributed by atoms with Crippen LogP contribution in [-0.2, 0) is 7.05 Å². The van der Waals surface area contributed by atoms with Crippen molar-refractivity contribution in [1.29, 1.82) is 0 Å². The van der Waals surface area contributed by atoms with E-state index in [4.69, 9.17) is 22.1 Å². The largest absolute Gasteiger partial charge is 0.439 e. The minimum atomic E-state index is 0.485. The Hall–Kier alpha value is -2.11. The molecule has 1 aliphatic carbocycles. The van der Waals surface area contributed by atoms with E-state index in [1.165, 1.54) is 12.8 Å². The number of hydrogen-bond acceptors (Lipinski definition) is 4. The molecule has 0 radical (unpaired) electrons. The maximum atomic E-state index is 6.29. The molecule has 1 aromatic heterocycles. The van der Waals surface area contributed by atoms with Crippen LogP contribution in [0.5, 0.6) is 11.6 Å². The van der Waals surface area contributed by atoms with Crippen molar-refractivity contribution in [2.75, 3.05) is 6.54 Å². The second-order valence-corrected chi connectivity index (χ2v) is 6.91. The number of hydrogen-bond donors (Lipinski definition) is 1. The molecule has 132 valence electrons. The molecule has 6 heteroatoms. The van der Waals surface area contributed by atoms with Crippen molar-refractivity contribution in [2.24, 2.45) is 17.8 Å². The fourth-order valence-electron chi connectivity index (χ4n) is 2.43. The summed E-state index contributed by atoms with van der Waals surface area (Å²) in [6.07, 6.45) is 5.92. The second kappa shape index (κ2) is 7.42. The minimum absolute atomic E-state index is 0.485. The molecular formula is C19H23ClN4O. The van der Waals surface area contributed by atoms with E-state index < -0.39 is 0 Å². The summed E-state index contributed by atoms with van der Waals surface area (Å²) >= 11 is 6.29. The van der Waals surface area contributed by atoms with Crippen LogP contribution in [0.1, 0.15) is 42.5 Å². The van der Waals surface area contributed by atoms with Crippen LogP contribution in [0, 0.1) is 6.92 Å². The van der Waals surface area contributed by atoms with E-state index in [1.54, 1.807) is 17.1 Å². The summed E-state index contributed by atoms with van der Waals surface area (Å²) in [4.78, 5) is 4.34. The van der Waals surface area contributed by atoms with E-state index in [0.717, 1.165) is 22.4 Å². The van der Waals surface area contributed by atoms with Gasteiger partial charge in [-0.3, -0.25) is 4.99 Å². The fraction of sp³-hybridized carbons (Fsp3) is 0.368. The average Bonchev–Trinajstić information content (AvgIpc) is 3.36. The zero-order chi connectivity index (χ0) is 18.0. The van der Waals surface area contributed by atoms with Gasteiger partial charge < -0.3 is 10.5 Å². The summed E-state index contributed by atoms with van der Waals surface area (Å²) in [5, 5.41) is 5.19. The first kappa shape index (κ1) is 17.7. The molecule has 0 spiro atoms. The van der Waals surface area contributed by atoms with Crippen LogP contribution >= 0.6 is 11.6 Å². The molecule has 0 unspecified atom stereocenters. The van der Waals surface area contributed by atoms with Gasteiger partial charge in [0.1, 0.15) is 5.75 Å². The SMILES string of the molecule is C/C(=C\N=Cc1cc(C)c(Cl)cc1Oc1cc(C2CC2)nn1C)CN. The van der Waals surface area contributed by atoms with Crippen molar-refractivity contribution < 1.29 is 4.74 Å². The van der Waals surface area contributed by atoms with Gasteiger partial charge in [0.05, 0.1) is 5.69 Å². The molecule has 2 N–H and O–H groups in total. The molecule has 5 nitrogen and oxygen atoms in total. The van der Waals surface area contributed by atoms with E-state index in [0.29, 0.717) is 29.1 Å². The van der Waals surface area contributed by atoms with Crippen molar-refractivity contribution in [3.63, 3.8) is 0 Å². The Kier molecular flexibility index (Phi) is 5.25. The van der Waals surface area contributed by atoms with Gasteiger partial charge in [-0.15, -0.1) is 0 Å². The van der Waals surface area contributed by atoms with Crippen LogP contribution in [0.2, 0.25) is 5.02 Å². The van der Waals surface area contributed by atoms with E-state index in [1.807, 2.05) is 39.1 Å². The Balaban J connectivity index is 1.90. The number of nitrogens with zero attached hydrogens (tertiary/aromatic N) is 3. The van der Waals surface area contributed by atoms with Crippen LogP contribution in [0.25, 0.3) is 0 Å². The lowest BCUT2D eigenvalue weighted by molar-refractivity contribution is 0.430. The van der Waals surface area contributed by atoms with Crippen molar-refractivity contribution in [1.82, 2.24) is 9.78 Å². The number of rotatable bonds is 6. The van der Waals surface area contributed by atoms with Crippen molar-refractivity contribution in [3.05, 3.63) is 51.8 Å². The fourth-order valence-corrected chi connectivity index (χ4v) is 2.58. The van der Waals surface area contributed by atoms with Gasteiger partial charge in [-0.05, 0) is 43.9 Å². The Labute approximate surface area is 153 Å². The van der Waals surface area contributed by atoms with E-state index in [2.05, 4.69) is 10.1 Å². The maximum Gasteiger partial charge on any atom is 0.217 e. The predicted octanol–water partition coefficient (Wildman–Crippen LogP) is 4.33. The highest BCUT2D eigenvalue weighted by molar-refractivity contribution is 6.31. The van der Waals surface area contributed by atoms with E-state index in [9.17, 15) is 0 Å². The van der Waals surface area contributed by atoms with Gasteiger partial charge in [-0.2, -0.15) is 5.10 Å². The number of nitrogens with two attached hydrogens (primary N) is 1. The number of aliphatic imine (C=N–C) groups is 1. The number of ether oxygens (including phenoxy) is 1. The highest BCUT2D eigenvalue weighted by Crippen LogP contribution is 2.41. The molecule has 0 saturated heterocycles. The van der Waals surface area contributed by atoms with Gasteiger partial charge in [0.15, 0.2) is 0 Å². The zero-order valence-electron chi connectivity index (χ0n) is 14.8. The molecule has 1 saturated carbocycles. The molecule has 0 atom stereocenters. The quantitative estimate of drug-likeness (QED) is 0.781. The summed E-state index contributed by atoms with van der Waals surface area (Å²) in [7, 11) is 1.89. The summed E-state index contributed by atoms with van der Waals surface area (Å²) in [6, 6.07) is 5.79. The van der Waals surface area contributed by atoms with E-state index >= 15 is 0 Å². The maximum absolute atomic E-state index is 6.29. The first-order chi connectivity index (χ1) is 12.0. The second-order valence-electron chi connectivity index (χ2n) is 6.50. The monoisotopic (exact) mass is 358 g/mol. The number of halogens is 1. The Morgan fingerprint density at radius 2 is 2.20 bits per heavy atom. The first-order valence-corrected chi connectivity index (χ1v) is 8.76. The summed E-state index contributed by atoms with van der Waals surface area (Å²) in [5.41, 5.74) is 9.51. The van der Waals surface area contributed by atoms with Crippen LogP contribution in [0.3, 0.4) is 0 Å². The number of benzene rings is 1. The lowest BCUT2D eigenvalue weighted by atomic mass is 10.1. The van der Waals surface area contributed by atoms with E-state index in [-0.39, 0.29) is 0 Å². The lowest BCUT2D eigenvalue weighted by Crippen LogP contribution is -1.99.